The van der Waals surface area contributed by atoms with Gasteiger partial charge in [0.1, 0.15) is 17.8 Å². The fourth-order valence-electron chi connectivity index (χ4n) is 1.15. The monoisotopic (exact) mass is 299 g/mol. The van der Waals surface area contributed by atoms with Gasteiger partial charge in [-0.2, -0.15) is 18.3 Å². The SMILES string of the molecule is CC(C)(C)OC(=O)Nc1cnn(CC(F)(F)F)c1Cl. The molecular formula is C10H13ClF3N3O2. The maximum absolute atomic E-state index is 12.2. The average molecular weight is 300 g/mol. The Bertz CT molecular complexity index is 466. The Morgan fingerprint density at radius 1 is 1.47 bits per heavy atom. The molecular weight excluding hydrogens is 287 g/mol. The van der Waals surface area contributed by atoms with Crippen LogP contribution in [0.25, 0.3) is 0 Å². The topological polar surface area (TPSA) is 56.1 Å². The number of carbonyl (C=O) groups is 1. The third-order valence-electron chi connectivity index (χ3n) is 1.74. The Morgan fingerprint density at radius 3 is 2.53 bits per heavy atom. The molecule has 1 heterocycles. The van der Waals surface area contributed by atoms with E-state index >= 15 is 0 Å². The lowest BCUT2D eigenvalue weighted by Gasteiger charge is -2.19. The van der Waals surface area contributed by atoms with Gasteiger partial charge in [-0.3, -0.25) is 5.32 Å². The van der Waals surface area contributed by atoms with E-state index in [2.05, 4.69) is 10.4 Å². The van der Waals surface area contributed by atoms with Crippen LogP contribution in [0.1, 0.15) is 20.8 Å². The van der Waals surface area contributed by atoms with E-state index in [-0.39, 0.29) is 10.8 Å². The highest BCUT2D eigenvalue weighted by Gasteiger charge is 2.30. The van der Waals surface area contributed by atoms with Crippen LogP contribution in [0.15, 0.2) is 6.20 Å². The van der Waals surface area contributed by atoms with Gasteiger partial charge in [-0.05, 0) is 20.8 Å². The number of hydrogen-bond acceptors (Lipinski definition) is 3. The molecule has 0 saturated heterocycles. The molecule has 108 valence electrons. The Kier molecular flexibility index (Phi) is 4.34. The first-order valence-electron chi connectivity index (χ1n) is 5.26. The summed E-state index contributed by atoms with van der Waals surface area (Å²) >= 11 is 5.68. The summed E-state index contributed by atoms with van der Waals surface area (Å²) in [6.07, 6.45) is -4.24. The Labute approximate surface area is 112 Å². The molecule has 9 heteroatoms. The molecule has 0 spiro atoms. The average Bonchev–Trinajstić information content (AvgIpc) is 2.44. The summed E-state index contributed by atoms with van der Waals surface area (Å²) < 4.78 is 42.0. The van der Waals surface area contributed by atoms with E-state index in [4.69, 9.17) is 16.3 Å². The quantitative estimate of drug-likeness (QED) is 0.910. The molecule has 0 saturated carbocycles. The zero-order valence-electron chi connectivity index (χ0n) is 10.5. The van der Waals surface area contributed by atoms with Gasteiger partial charge in [0.05, 0.1) is 6.20 Å². The van der Waals surface area contributed by atoms with E-state index in [1.54, 1.807) is 20.8 Å². The minimum Gasteiger partial charge on any atom is -0.444 e. The van der Waals surface area contributed by atoms with E-state index in [9.17, 15) is 18.0 Å². The van der Waals surface area contributed by atoms with Crippen molar-refractivity contribution >= 4 is 23.4 Å². The summed E-state index contributed by atoms with van der Waals surface area (Å²) in [4.78, 5) is 11.4. The largest absolute Gasteiger partial charge is 0.444 e. The molecule has 0 aliphatic carbocycles. The second-order valence-corrected chi connectivity index (χ2v) is 5.11. The van der Waals surface area contributed by atoms with Gasteiger partial charge in [-0.1, -0.05) is 11.6 Å². The van der Waals surface area contributed by atoms with Crippen molar-refractivity contribution in [2.45, 2.75) is 39.1 Å². The van der Waals surface area contributed by atoms with Crippen molar-refractivity contribution in [2.24, 2.45) is 0 Å². The van der Waals surface area contributed by atoms with Crippen LogP contribution in [-0.4, -0.2) is 27.7 Å². The van der Waals surface area contributed by atoms with Gasteiger partial charge in [-0.25, -0.2) is 9.48 Å². The van der Waals surface area contributed by atoms with Gasteiger partial charge in [0, 0.05) is 0 Å². The highest BCUT2D eigenvalue weighted by molar-refractivity contribution is 6.32. The molecule has 0 aliphatic rings. The number of anilines is 1. The van der Waals surface area contributed by atoms with Crippen molar-refractivity contribution in [2.75, 3.05) is 5.32 Å². The summed E-state index contributed by atoms with van der Waals surface area (Å²) in [5, 5.41) is 5.36. The number of carbonyl (C=O) groups excluding carboxylic acids is 1. The molecule has 1 rings (SSSR count). The molecule has 0 radical (unpaired) electrons. The predicted molar refractivity (Wildman–Crippen MR) is 63.1 cm³/mol. The van der Waals surface area contributed by atoms with Crippen molar-refractivity contribution in [1.82, 2.24) is 9.78 Å². The van der Waals surface area contributed by atoms with Gasteiger partial charge >= 0.3 is 12.3 Å². The minimum atomic E-state index is -4.45. The molecule has 0 unspecified atom stereocenters. The Morgan fingerprint density at radius 2 is 2.05 bits per heavy atom. The van der Waals surface area contributed by atoms with E-state index in [0.29, 0.717) is 4.68 Å². The van der Waals surface area contributed by atoms with Crippen LogP contribution in [0.3, 0.4) is 0 Å². The zero-order valence-corrected chi connectivity index (χ0v) is 11.3. The molecule has 0 atom stereocenters. The molecule has 0 aromatic carbocycles. The number of amides is 1. The van der Waals surface area contributed by atoms with Gasteiger partial charge in [0.25, 0.3) is 0 Å². The van der Waals surface area contributed by atoms with Crippen LogP contribution in [-0.2, 0) is 11.3 Å². The smallest absolute Gasteiger partial charge is 0.412 e. The molecule has 1 N–H and O–H groups in total. The fourth-order valence-corrected chi connectivity index (χ4v) is 1.35. The zero-order chi connectivity index (χ0) is 14.8. The van der Waals surface area contributed by atoms with E-state index in [1.165, 1.54) is 0 Å². The maximum atomic E-state index is 12.2. The molecule has 1 amide bonds. The standard InChI is InChI=1S/C10H13ClF3N3O2/c1-9(2,3)19-8(18)16-6-4-15-17(7(6)11)5-10(12,13)14/h4H,5H2,1-3H3,(H,16,18). The minimum absolute atomic E-state index is 0.0415. The third kappa shape index (κ3) is 5.37. The van der Waals surface area contributed by atoms with E-state index in [0.717, 1.165) is 6.20 Å². The molecule has 0 aliphatic heterocycles. The fraction of sp³-hybridized carbons (Fsp3) is 0.600. The lowest BCUT2D eigenvalue weighted by atomic mass is 10.2. The van der Waals surface area contributed by atoms with Crippen LogP contribution in [0.5, 0.6) is 0 Å². The van der Waals surface area contributed by atoms with Crippen molar-refractivity contribution < 1.29 is 22.7 Å². The highest BCUT2D eigenvalue weighted by Crippen LogP contribution is 2.25. The van der Waals surface area contributed by atoms with Crippen molar-refractivity contribution in [3.8, 4) is 0 Å². The number of aromatic nitrogens is 2. The van der Waals surface area contributed by atoms with Crippen molar-refractivity contribution in [1.29, 1.82) is 0 Å². The number of hydrogen-bond donors (Lipinski definition) is 1. The molecule has 19 heavy (non-hydrogen) atoms. The van der Waals surface area contributed by atoms with E-state index < -0.39 is 24.4 Å². The van der Waals surface area contributed by atoms with Crippen molar-refractivity contribution in [3.05, 3.63) is 11.3 Å². The molecule has 0 bridgehead atoms. The van der Waals surface area contributed by atoms with Gasteiger partial charge < -0.3 is 4.74 Å². The predicted octanol–water partition coefficient (Wildman–Crippen LogP) is 3.45. The van der Waals surface area contributed by atoms with Crippen molar-refractivity contribution in [3.63, 3.8) is 0 Å². The third-order valence-corrected chi connectivity index (χ3v) is 2.14. The van der Waals surface area contributed by atoms with Gasteiger partial charge in [0.15, 0.2) is 5.15 Å². The lowest BCUT2D eigenvalue weighted by Crippen LogP contribution is -2.27. The first kappa shape index (κ1) is 15.6. The summed E-state index contributed by atoms with van der Waals surface area (Å²) in [6.45, 7) is 3.63. The first-order chi connectivity index (χ1) is 8.48. The maximum Gasteiger partial charge on any atom is 0.412 e. The normalized spacial score (nSPS) is 12.4. The summed E-state index contributed by atoms with van der Waals surface area (Å²) in [5.74, 6) is 0. The first-order valence-corrected chi connectivity index (χ1v) is 5.64. The highest BCUT2D eigenvalue weighted by atomic mass is 35.5. The van der Waals surface area contributed by atoms with Crippen LogP contribution in [0.2, 0.25) is 5.15 Å². The number of halogens is 4. The Balaban J connectivity index is 2.74. The summed E-state index contributed by atoms with van der Waals surface area (Å²) in [7, 11) is 0. The van der Waals surface area contributed by atoms with Crippen LogP contribution in [0.4, 0.5) is 23.7 Å². The summed E-state index contributed by atoms with van der Waals surface area (Å²) in [6, 6.07) is 0. The molecule has 5 nitrogen and oxygen atoms in total. The molecule has 1 aromatic heterocycles. The lowest BCUT2D eigenvalue weighted by molar-refractivity contribution is -0.142. The van der Waals surface area contributed by atoms with Crippen LogP contribution < -0.4 is 5.32 Å². The number of nitrogens with one attached hydrogen (secondary N) is 1. The summed E-state index contributed by atoms with van der Waals surface area (Å²) in [5.41, 5.74) is -0.765. The Hall–Kier alpha value is -1.44. The van der Waals surface area contributed by atoms with Crippen LogP contribution in [0, 0.1) is 0 Å². The number of nitrogens with zero attached hydrogens (tertiary/aromatic N) is 2. The second-order valence-electron chi connectivity index (χ2n) is 4.75. The second kappa shape index (κ2) is 5.28. The van der Waals surface area contributed by atoms with E-state index in [1.807, 2.05) is 0 Å². The number of alkyl halides is 3. The number of rotatable bonds is 2. The molecule has 0 fully saturated rings. The van der Waals surface area contributed by atoms with Gasteiger partial charge in [0.2, 0.25) is 0 Å². The van der Waals surface area contributed by atoms with Gasteiger partial charge in [-0.15, -0.1) is 0 Å². The van der Waals surface area contributed by atoms with Crippen LogP contribution >= 0.6 is 11.6 Å². The number of ether oxygens (including phenoxy) is 1. The molecule has 1 aromatic rings.